The SMILES string of the molecule is CCc1ccccc1Oc1cc2n(c(=O)n1)CCc1cc(OC)c(OC)cc1-2. The van der Waals surface area contributed by atoms with Crippen LogP contribution in [0.1, 0.15) is 18.1 Å². The fourth-order valence-electron chi connectivity index (χ4n) is 3.58. The summed E-state index contributed by atoms with van der Waals surface area (Å²) in [6.45, 7) is 2.63. The first-order valence-electron chi connectivity index (χ1n) is 9.27. The Labute approximate surface area is 163 Å². The maximum atomic E-state index is 12.6. The molecule has 1 aliphatic heterocycles. The highest BCUT2D eigenvalue weighted by atomic mass is 16.5. The van der Waals surface area contributed by atoms with Crippen molar-refractivity contribution in [2.75, 3.05) is 14.2 Å². The van der Waals surface area contributed by atoms with Crippen molar-refractivity contribution in [3.05, 3.63) is 64.1 Å². The van der Waals surface area contributed by atoms with E-state index in [1.165, 1.54) is 0 Å². The fourth-order valence-corrected chi connectivity index (χ4v) is 3.58. The van der Waals surface area contributed by atoms with Crippen LogP contribution >= 0.6 is 0 Å². The van der Waals surface area contributed by atoms with E-state index in [0.29, 0.717) is 29.7 Å². The van der Waals surface area contributed by atoms with Gasteiger partial charge in [-0.05, 0) is 42.2 Å². The first kappa shape index (κ1) is 18.1. The van der Waals surface area contributed by atoms with Crippen LogP contribution in [0.25, 0.3) is 11.3 Å². The Morgan fingerprint density at radius 2 is 1.79 bits per heavy atom. The third-order valence-corrected chi connectivity index (χ3v) is 5.05. The number of nitrogens with zero attached hydrogens (tertiary/aromatic N) is 2. The third-order valence-electron chi connectivity index (χ3n) is 5.05. The fraction of sp³-hybridized carbons (Fsp3) is 0.273. The van der Waals surface area contributed by atoms with Crippen LogP contribution in [0.3, 0.4) is 0 Å². The molecule has 0 saturated carbocycles. The molecule has 0 unspecified atom stereocenters. The van der Waals surface area contributed by atoms with Crippen LogP contribution in [0, 0.1) is 0 Å². The molecule has 1 aromatic heterocycles. The largest absolute Gasteiger partial charge is 0.493 e. The summed E-state index contributed by atoms with van der Waals surface area (Å²) in [4.78, 5) is 16.8. The van der Waals surface area contributed by atoms with E-state index in [-0.39, 0.29) is 5.69 Å². The molecule has 1 aliphatic rings. The molecule has 0 radical (unpaired) electrons. The number of rotatable bonds is 5. The van der Waals surface area contributed by atoms with Crippen molar-refractivity contribution in [1.29, 1.82) is 0 Å². The van der Waals surface area contributed by atoms with Gasteiger partial charge in [0.05, 0.1) is 19.9 Å². The van der Waals surface area contributed by atoms with Crippen molar-refractivity contribution in [2.24, 2.45) is 0 Å². The van der Waals surface area contributed by atoms with Crippen LogP contribution in [0.2, 0.25) is 0 Å². The maximum absolute atomic E-state index is 12.6. The number of fused-ring (bicyclic) bond motifs is 3. The van der Waals surface area contributed by atoms with Crippen LogP contribution in [0.5, 0.6) is 23.1 Å². The van der Waals surface area contributed by atoms with Gasteiger partial charge in [-0.2, -0.15) is 4.98 Å². The van der Waals surface area contributed by atoms with Crippen LogP contribution in [-0.2, 0) is 19.4 Å². The lowest BCUT2D eigenvalue weighted by Crippen LogP contribution is -2.28. The lowest BCUT2D eigenvalue weighted by molar-refractivity contribution is 0.354. The Kier molecular flexibility index (Phi) is 4.77. The van der Waals surface area contributed by atoms with Crippen molar-refractivity contribution >= 4 is 0 Å². The van der Waals surface area contributed by atoms with Gasteiger partial charge in [-0.15, -0.1) is 0 Å². The van der Waals surface area contributed by atoms with Crippen molar-refractivity contribution in [1.82, 2.24) is 9.55 Å². The van der Waals surface area contributed by atoms with E-state index in [1.54, 1.807) is 18.8 Å². The molecule has 6 heteroatoms. The Morgan fingerprint density at radius 1 is 1.04 bits per heavy atom. The standard InChI is InChI=1S/C22H22N2O4/c1-4-14-7-5-6-8-18(14)28-21-13-17-16-12-20(27-3)19(26-2)11-15(16)9-10-24(17)22(25)23-21/h5-8,11-13H,4,9-10H2,1-3H3. The summed E-state index contributed by atoms with van der Waals surface area (Å²) in [6, 6.07) is 13.5. The lowest BCUT2D eigenvalue weighted by atomic mass is 9.97. The van der Waals surface area contributed by atoms with Gasteiger partial charge in [0, 0.05) is 18.2 Å². The van der Waals surface area contributed by atoms with Gasteiger partial charge in [0.1, 0.15) is 5.75 Å². The van der Waals surface area contributed by atoms with E-state index in [0.717, 1.165) is 35.2 Å². The minimum absolute atomic E-state index is 0.291. The summed E-state index contributed by atoms with van der Waals surface area (Å²) in [5.74, 6) is 2.31. The molecule has 0 amide bonds. The number of hydrogen-bond acceptors (Lipinski definition) is 5. The summed E-state index contributed by atoms with van der Waals surface area (Å²) >= 11 is 0. The van der Waals surface area contributed by atoms with Crippen LogP contribution in [0.15, 0.2) is 47.3 Å². The van der Waals surface area contributed by atoms with Crippen LogP contribution < -0.4 is 19.9 Å². The van der Waals surface area contributed by atoms with Gasteiger partial charge in [-0.25, -0.2) is 4.79 Å². The molecule has 0 N–H and O–H groups in total. The number of aryl methyl sites for hydroxylation is 2. The highest BCUT2D eigenvalue weighted by Gasteiger charge is 2.22. The molecule has 0 saturated heterocycles. The Morgan fingerprint density at radius 3 is 2.54 bits per heavy atom. The second-order valence-electron chi connectivity index (χ2n) is 6.59. The van der Waals surface area contributed by atoms with Gasteiger partial charge in [0.15, 0.2) is 11.5 Å². The third kappa shape index (κ3) is 3.11. The lowest BCUT2D eigenvalue weighted by Gasteiger charge is -2.23. The monoisotopic (exact) mass is 378 g/mol. The Balaban J connectivity index is 1.82. The van der Waals surface area contributed by atoms with Crippen LogP contribution in [0.4, 0.5) is 0 Å². The van der Waals surface area contributed by atoms with E-state index in [2.05, 4.69) is 11.9 Å². The van der Waals surface area contributed by atoms with Crippen LogP contribution in [-0.4, -0.2) is 23.8 Å². The smallest absolute Gasteiger partial charge is 0.351 e. The highest BCUT2D eigenvalue weighted by molar-refractivity contribution is 5.70. The topological polar surface area (TPSA) is 62.6 Å². The van der Waals surface area contributed by atoms with Crippen molar-refractivity contribution in [2.45, 2.75) is 26.3 Å². The zero-order chi connectivity index (χ0) is 19.7. The number of aromatic nitrogens is 2. The van der Waals surface area contributed by atoms with E-state index < -0.39 is 0 Å². The second-order valence-corrected chi connectivity index (χ2v) is 6.59. The summed E-state index contributed by atoms with van der Waals surface area (Å²) < 4.78 is 18.5. The zero-order valence-electron chi connectivity index (χ0n) is 16.2. The summed E-state index contributed by atoms with van der Waals surface area (Å²) in [6.07, 6.45) is 1.56. The predicted octanol–water partition coefficient (Wildman–Crippen LogP) is 3.84. The molecule has 3 aromatic rings. The number of ether oxygens (including phenoxy) is 3. The minimum atomic E-state index is -0.318. The van der Waals surface area contributed by atoms with Gasteiger partial charge >= 0.3 is 5.69 Å². The van der Waals surface area contributed by atoms with Crippen molar-refractivity contribution in [3.8, 4) is 34.4 Å². The number of hydrogen-bond donors (Lipinski definition) is 0. The molecular formula is C22H22N2O4. The molecule has 4 rings (SSSR count). The molecule has 2 heterocycles. The molecule has 0 bridgehead atoms. The first-order valence-corrected chi connectivity index (χ1v) is 9.27. The van der Waals surface area contributed by atoms with Crippen molar-refractivity contribution in [3.63, 3.8) is 0 Å². The van der Waals surface area contributed by atoms with E-state index in [9.17, 15) is 4.79 Å². The molecule has 144 valence electrons. The second kappa shape index (κ2) is 7.38. The normalized spacial score (nSPS) is 12.1. The van der Waals surface area contributed by atoms with Gasteiger partial charge < -0.3 is 14.2 Å². The molecule has 0 atom stereocenters. The average molecular weight is 378 g/mol. The molecule has 0 aliphatic carbocycles. The minimum Gasteiger partial charge on any atom is -0.493 e. The molecule has 0 fully saturated rings. The highest BCUT2D eigenvalue weighted by Crippen LogP contribution is 2.38. The number of para-hydroxylation sites is 1. The molecule has 6 nitrogen and oxygen atoms in total. The summed E-state index contributed by atoms with van der Waals surface area (Å²) in [5.41, 5.74) is 3.54. The molecule has 2 aromatic carbocycles. The summed E-state index contributed by atoms with van der Waals surface area (Å²) in [7, 11) is 3.22. The molecule has 28 heavy (non-hydrogen) atoms. The Bertz CT molecular complexity index is 1090. The van der Waals surface area contributed by atoms with Gasteiger partial charge in [-0.1, -0.05) is 25.1 Å². The van der Waals surface area contributed by atoms with Gasteiger partial charge in [0.2, 0.25) is 5.88 Å². The van der Waals surface area contributed by atoms with Gasteiger partial charge in [0.25, 0.3) is 0 Å². The van der Waals surface area contributed by atoms with E-state index in [4.69, 9.17) is 14.2 Å². The predicted molar refractivity (Wildman–Crippen MR) is 107 cm³/mol. The maximum Gasteiger partial charge on any atom is 0.351 e. The van der Waals surface area contributed by atoms with E-state index in [1.807, 2.05) is 42.5 Å². The molecule has 0 spiro atoms. The number of benzene rings is 2. The molecular weight excluding hydrogens is 356 g/mol. The zero-order valence-corrected chi connectivity index (χ0v) is 16.2. The Hall–Kier alpha value is -3.28. The van der Waals surface area contributed by atoms with Crippen molar-refractivity contribution < 1.29 is 14.2 Å². The average Bonchev–Trinajstić information content (AvgIpc) is 2.73. The quantitative estimate of drug-likeness (QED) is 0.675. The van der Waals surface area contributed by atoms with Gasteiger partial charge in [-0.3, -0.25) is 4.57 Å². The number of methoxy groups -OCH3 is 2. The summed E-state index contributed by atoms with van der Waals surface area (Å²) in [5, 5.41) is 0. The first-order chi connectivity index (χ1) is 13.6. The van der Waals surface area contributed by atoms with E-state index >= 15 is 0 Å².